The SMILES string of the molecule is Cc1cccc(C(=O)c2sc(N)nc2C(F)(F)C(F)(F)F)c1. The van der Waals surface area contributed by atoms with E-state index in [1.165, 1.54) is 18.2 Å². The molecule has 0 aliphatic rings. The van der Waals surface area contributed by atoms with Gasteiger partial charge in [0, 0.05) is 5.56 Å². The van der Waals surface area contributed by atoms with Crippen LogP contribution in [0.2, 0.25) is 0 Å². The first-order valence-corrected chi connectivity index (χ1v) is 6.68. The van der Waals surface area contributed by atoms with Crippen LogP contribution < -0.4 is 5.73 Å². The van der Waals surface area contributed by atoms with Gasteiger partial charge in [-0.1, -0.05) is 35.1 Å². The third kappa shape index (κ3) is 2.80. The molecule has 1 heterocycles. The molecule has 2 N–H and O–H groups in total. The molecule has 0 saturated carbocycles. The number of rotatable bonds is 3. The topological polar surface area (TPSA) is 56.0 Å². The molecule has 3 nitrogen and oxygen atoms in total. The summed E-state index contributed by atoms with van der Waals surface area (Å²) in [5.41, 5.74) is 4.21. The molecule has 1 aromatic carbocycles. The van der Waals surface area contributed by atoms with Gasteiger partial charge in [0.15, 0.2) is 5.13 Å². The maximum Gasteiger partial charge on any atom is 0.459 e. The molecule has 0 unspecified atom stereocenters. The van der Waals surface area contributed by atoms with Gasteiger partial charge in [-0.3, -0.25) is 4.79 Å². The Morgan fingerprint density at radius 3 is 2.41 bits per heavy atom. The lowest BCUT2D eigenvalue weighted by Crippen LogP contribution is -2.35. The van der Waals surface area contributed by atoms with Gasteiger partial charge in [-0.15, -0.1) is 0 Å². The molecular weight excluding hydrogens is 327 g/mol. The number of nitrogens with two attached hydrogens (primary N) is 1. The summed E-state index contributed by atoms with van der Waals surface area (Å²) in [7, 11) is 0. The molecule has 0 spiro atoms. The summed E-state index contributed by atoms with van der Waals surface area (Å²) in [6, 6.07) is 5.85. The van der Waals surface area contributed by atoms with Crippen LogP contribution in [0.15, 0.2) is 24.3 Å². The van der Waals surface area contributed by atoms with Crippen LogP contribution in [0.25, 0.3) is 0 Å². The summed E-state index contributed by atoms with van der Waals surface area (Å²) in [4.78, 5) is 14.4. The Balaban J connectivity index is 2.56. The Kier molecular flexibility index (Phi) is 3.94. The van der Waals surface area contributed by atoms with Gasteiger partial charge in [0.1, 0.15) is 10.6 Å². The van der Waals surface area contributed by atoms with Gasteiger partial charge in [-0.25, -0.2) is 4.98 Å². The number of thiazole rings is 1. The summed E-state index contributed by atoms with van der Waals surface area (Å²) in [5.74, 6) is -6.23. The van der Waals surface area contributed by atoms with Gasteiger partial charge in [0.2, 0.25) is 5.78 Å². The van der Waals surface area contributed by atoms with Gasteiger partial charge in [0.05, 0.1) is 0 Å². The minimum absolute atomic E-state index is 0.0112. The highest BCUT2D eigenvalue weighted by atomic mass is 32.1. The van der Waals surface area contributed by atoms with Crippen molar-refractivity contribution < 1.29 is 26.7 Å². The molecule has 1 aromatic heterocycles. The number of aryl methyl sites for hydroxylation is 1. The number of nitrogen functional groups attached to an aromatic ring is 1. The maximum absolute atomic E-state index is 13.5. The molecule has 22 heavy (non-hydrogen) atoms. The van der Waals surface area contributed by atoms with E-state index < -0.39 is 33.6 Å². The van der Waals surface area contributed by atoms with Gasteiger partial charge in [0.25, 0.3) is 0 Å². The number of hydrogen-bond donors (Lipinski definition) is 1. The standard InChI is InChI=1S/C13H9F5N2OS/c1-6-3-2-4-7(5-6)8(21)9-10(20-11(19)22-9)12(14,15)13(16,17)18/h2-5H,1H3,(H2,19,20). The van der Waals surface area contributed by atoms with E-state index in [4.69, 9.17) is 5.73 Å². The number of halogens is 5. The molecule has 0 aliphatic heterocycles. The molecule has 118 valence electrons. The molecular formula is C13H9F5N2OS. The van der Waals surface area contributed by atoms with Gasteiger partial charge in [-0.2, -0.15) is 22.0 Å². The molecule has 0 radical (unpaired) electrons. The maximum atomic E-state index is 13.5. The number of ketones is 1. The summed E-state index contributed by atoms with van der Waals surface area (Å²) in [6.45, 7) is 1.66. The first-order chi connectivity index (χ1) is 10.0. The molecule has 0 aliphatic carbocycles. The van der Waals surface area contributed by atoms with E-state index in [0.717, 1.165) is 0 Å². The molecule has 9 heteroatoms. The fraction of sp³-hybridized carbons (Fsp3) is 0.231. The summed E-state index contributed by atoms with van der Waals surface area (Å²) in [5, 5.41) is -0.532. The molecule has 0 atom stereocenters. The zero-order chi connectivity index (χ0) is 16.7. The monoisotopic (exact) mass is 336 g/mol. The molecule has 0 saturated heterocycles. The van der Waals surface area contributed by atoms with Crippen molar-refractivity contribution in [2.24, 2.45) is 0 Å². The van der Waals surface area contributed by atoms with E-state index >= 15 is 0 Å². The number of aromatic nitrogens is 1. The van der Waals surface area contributed by atoms with E-state index in [1.807, 2.05) is 0 Å². The van der Waals surface area contributed by atoms with Crippen LogP contribution >= 0.6 is 11.3 Å². The van der Waals surface area contributed by atoms with E-state index in [9.17, 15) is 26.7 Å². The fourth-order valence-corrected chi connectivity index (χ4v) is 2.58. The van der Waals surface area contributed by atoms with Crippen molar-refractivity contribution in [3.05, 3.63) is 46.0 Å². The Hall–Kier alpha value is -2.03. The second kappa shape index (κ2) is 5.31. The molecule has 0 fully saturated rings. The quantitative estimate of drug-likeness (QED) is 0.683. The van der Waals surface area contributed by atoms with E-state index in [-0.39, 0.29) is 5.56 Å². The summed E-state index contributed by atoms with van der Waals surface area (Å²) in [6.07, 6.45) is -5.87. The lowest BCUT2D eigenvalue weighted by Gasteiger charge is -2.18. The molecule has 0 amide bonds. The van der Waals surface area contributed by atoms with Gasteiger partial charge < -0.3 is 5.73 Å². The van der Waals surface area contributed by atoms with Crippen molar-refractivity contribution in [1.29, 1.82) is 0 Å². The molecule has 0 bridgehead atoms. The fourth-order valence-electron chi connectivity index (χ4n) is 1.76. The van der Waals surface area contributed by atoms with Crippen molar-refractivity contribution in [3.63, 3.8) is 0 Å². The first kappa shape index (κ1) is 16.3. The van der Waals surface area contributed by atoms with E-state index in [0.29, 0.717) is 16.9 Å². The number of anilines is 1. The van der Waals surface area contributed by atoms with Crippen LogP contribution in [0, 0.1) is 6.92 Å². The highest BCUT2D eigenvalue weighted by molar-refractivity contribution is 7.17. The van der Waals surface area contributed by atoms with Crippen LogP contribution in [0.3, 0.4) is 0 Å². The first-order valence-electron chi connectivity index (χ1n) is 5.86. The van der Waals surface area contributed by atoms with Crippen molar-refractivity contribution >= 4 is 22.3 Å². The number of nitrogens with zero attached hydrogens (tertiary/aromatic N) is 1. The van der Waals surface area contributed by atoms with Crippen molar-refractivity contribution in [3.8, 4) is 0 Å². The Morgan fingerprint density at radius 1 is 1.23 bits per heavy atom. The lowest BCUT2D eigenvalue weighted by atomic mass is 10.0. The average molecular weight is 336 g/mol. The second-order valence-corrected chi connectivity index (χ2v) is 5.53. The normalized spacial score (nSPS) is 12.5. The predicted molar refractivity (Wildman–Crippen MR) is 71.1 cm³/mol. The zero-order valence-corrected chi connectivity index (χ0v) is 11.9. The van der Waals surface area contributed by atoms with Crippen molar-refractivity contribution in [1.82, 2.24) is 4.98 Å². The third-order valence-electron chi connectivity index (χ3n) is 2.78. The second-order valence-electron chi connectivity index (χ2n) is 4.50. The predicted octanol–water partition coefficient (Wildman–Crippen LogP) is 3.92. The highest BCUT2D eigenvalue weighted by Gasteiger charge is 2.61. The number of carbonyl (C=O) groups is 1. The number of hydrogen-bond acceptors (Lipinski definition) is 4. The van der Waals surface area contributed by atoms with Crippen molar-refractivity contribution in [2.75, 3.05) is 5.73 Å². The van der Waals surface area contributed by atoms with Crippen molar-refractivity contribution in [2.45, 2.75) is 19.0 Å². The highest BCUT2D eigenvalue weighted by Crippen LogP contribution is 2.46. The van der Waals surface area contributed by atoms with E-state index in [1.54, 1.807) is 13.0 Å². The van der Waals surface area contributed by atoms with Gasteiger partial charge >= 0.3 is 12.1 Å². The van der Waals surface area contributed by atoms with Crippen LogP contribution in [0.5, 0.6) is 0 Å². The Morgan fingerprint density at radius 2 is 1.86 bits per heavy atom. The number of benzene rings is 1. The number of alkyl halides is 5. The van der Waals surface area contributed by atoms with Crippen LogP contribution in [-0.4, -0.2) is 16.9 Å². The smallest absolute Gasteiger partial charge is 0.375 e. The zero-order valence-electron chi connectivity index (χ0n) is 11.0. The average Bonchev–Trinajstić information content (AvgIpc) is 2.79. The third-order valence-corrected chi connectivity index (χ3v) is 3.67. The summed E-state index contributed by atoms with van der Waals surface area (Å²) >= 11 is 0.303. The molecule has 2 rings (SSSR count). The minimum atomic E-state index is -5.87. The molecule has 2 aromatic rings. The number of carbonyl (C=O) groups excluding carboxylic acids is 1. The Bertz CT molecular complexity index is 723. The van der Waals surface area contributed by atoms with Crippen LogP contribution in [0.1, 0.15) is 26.5 Å². The largest absolute Gasteiger partial charge is 0.459 e. The van der Waals surface area contributed by atoms with Gasteiger partial charge in [-0.05, 0) is 13.0 Å². The summed E-state index contributed by atoms with van der Waals surface area (Å²) < 4.78 is 64.5. The van der Waals surface area contributed by atoms with Crippen LogP contribution in [0.4, 0.5) is 27.1 Å². The minimum Gasteiger partial charge on any atom is -0.375 e. The lowest BCUT2D eigenvalue weighted by molar-refractivity contribution is -0.290. The Labute approximate surface area is 125 Å². The van der Waals surface area contributed by atoms with E-state index in [2.05, 4.69) is 4.98 Å². The van der Waals surface area contributed by atoms with Crippen LogP contribution in [-0.2, 0) is 5.92 Å².